The van der Waals surface area contributed by atoms with Gasteiger partial charge < -0.3 is 9.47 Å². The van der Waals surface area contributed by atoms with Gasteiger partial charge in [0.25, 0.3) is 0 Å². The van der Waals surface area contributed by atoms with Crippen molar-refractivity contribution in [2.75, 3.05) is 5.75 Å². The molecule has 1 amide bonds. The van der Waals surface area contributed by atoms with E-state index in [0.29, 0.717) is 23.9 Å². The first-order chi connectivity index (χ1) is 10.6. The molecular weight excluding hydrogens is 296 g/mol. The molecular formula is C16H26N4OS. The van der Waals surface area contributed by atoms with Crippen molar-refractivity contribution in [1.29, 1.82) is 0 Å². The number of nitrogens with zero attached hydrogens (tertiary/aromatic N) is 4. The van der Waals surface area contributed by atoms with Crippen LogP contribution in [0, 0.1) is 5.92 Å². The molecule has 0 radical (unpaired) electrons. The Labute approximate surface area is 136 Å². The summed E-state index contributed by atoms with van der Waals surface area (Å²) in [7, 11) is 0. The lowest BCUT2D eigenvalue weighted by molar-refractivity contribution is -0.131. The van der Waals surface area contributed by atoms with E-state index in [9.17, 15) is 4.79 Å². The van der Waals surface area contributed by atoms with Crippen molar-refractivity contribution in [1.82, 2.24) is 19.7 Å². The molecule has 0 bridgehead atoms. The average Bonchev–Trinajstić information content (AvgIpc) is 3.07. The Hall–Kier alpha value is -1.04. The molecule has 0 spiro atoms. The first-order valence-electron chi connectivity index (χ1n) is 8.41. The van der Waals surface area contributed by atoms with Crippen molar-refractivity contribution < 1.29 is 4.79 Å². The predicted molar refractivity (Wildman–Crippen MR) is 87.8 cm³/mol. The monoisotopic (exact) mass is 322 g/mol. The molecule has 1 aliphatic heterocycles. The van der Waals surface area contributed by atoms with E-state index in [4.69, 9.17) is 0 Å². The molecule has 3 atom stereocenters. The van der Waals surface area contributed by atoms with E-state index >= 15 is 0 Å². The minimum Gasteiger partial charge on any atom is -0.336 e. The van der Waals surface area contributed by atoms with Crippen LogP contribution in [-0.2, 0) is 4.79 Å². The number of hydrogen-bond acceptors (Lipinski definition) is 4. The number of carbonyl (C=O) groups is 1. The molecule has 3 rings (SSSR count). The van der Waals surface area contributed by atoms with Crippen LogP contribution in [0.15, 0.2) is 11.5 Å². The van der Waals surface area contributed by atoms with Crippen LogP contribution in [0.2, 0.25) is 0 Å². The van der Waals surface area contributed by atoms with Crippen molar-refractivity contribution in [3.63, 3.8) is 0 Å². The molecule has 1 saturated heterocycles. The summed E-state index contributed by atoms with van der Waals surface area (Å²) in [5.74, 6) is 1.47. The number of fused-ring (bicyclic) bond motifs is 1. The highest BCUT2D eigenvalue weighted by Crippen LogP contribution is 2.39. The lowest BCUT2D eigenvalue weighted by atomic mass is 9.85. The molecule has 1 aliphatic carbocycles. The number of thioether (sulfide) groups is 1. The predicted octanol–water partition coefficient (Wildman–Crippen LogP) is 3.13. The van der Waals surface area contributed by atoms with Crippen LogP contribution in [-0.4, -0.2) is 43.4 Å². The van der Waals surface area contributed by atoms with Crippen molar-refractivity contribution in [3.05, 3.63) is 6.33 Å². The molecule has 0 aromatic carbocycles. The maximum atomic E-state index is 12.7. The van der Waals surface area contributed by atoms with E-state index < -0.39 is 0 Å². The summed E-state index contributed by atoms with van der Waals surface area (Å²) in [5.41, 5.74) is 0. The standard InChI is InChI=1S/C16H26N4OS/c1-11(2)19-10-17-18-16(19)22-9-15(21)20-12(3)8-13-6-4-5-7-14(13)20/h10-14H,4-9H2,1-3H3/t12-,13-,14-/m1/s1. The first-order valence-corrected chi connectivity index (χ1v) is 9.40. The van der Waals surface area contributed by atoms with Gasteiger partial charge in [-0.15, -0.1) is 10.2 Å². The number of amides is 1. The van der Waals surface area contributed by atoms with Crippen molar-refractivity contribution in [2.45, 2.75) is 76.2 Å². The molecule has 5 nitrogen and oxygen atoms in total. The molecule has 1 saturated carbocycles. The first kappa shape index (κ1) is 15.8. The molecule has 2 fully saturated rings. The maximum absolute atomic E-state index is 12.7. The minimum atomic E-state index is 0.269. The molecule has 0 unspecified atom stereocenters. The van der Waals surface area contributed by atoms with E-state index in [1.807, 2.05) is 4.57 Å². The third kappa shape index (κ3) is 3.03. The Bertz CT molecular complexity index is 530. The summed E-state index contributed by atoms with van der Waals surface area (Å²) in [6, 6.07) is 1.20. The summed E-state index contributed by atoms with van der Waals surface area (Å²) < 4.78 is 2.02. The zero-order chi connectivity index (χ0) is 15.7. The SMILES string of the molecule is CC(C)n1cnnc1SCC(=O)N1[C@H](C)C[C@H]2CCCC[C@H]21. The molecule has 0 N–H and O–H groups in total. The second-order valence-corrected chi connectivity index (χ2v) is 7.84. The lowest BCUT2D eigenvalue weighted by Crippen LogP contribution is -2.43. The van der Waals surface area contributed by atoms with E-state index in [1.165, 1.54) is 43.9 Å². The van der Waals surface area contributed by atoms with Crippen LogP contribution in [0.4, 0.5) is 0 Å². The highest BCUT2D eigenvalue weighted by Gasteiger charge is 2.42. The van der Waals surface area contributed by atoms with Gasteiger partial charge >= 0.3 is 0 Å². The average molecular weight is 322 g/mol. The van der Waals surface area contributed by atoms with Gasteiger partial charge in [-0.3, -0.25) is 4.79 Å². The summed E-state index contributed by atoms with van der Waals surface area (Å²) in [5, 5.41) is 8.95. The normalized spacial score (nSPS) is 28.2. The maximum Gasteiger partial charge on any atom is 0.233 e. The van der Waals surface area contributed by atoms with Crippen LogP contribution >= 0.6 is 11.8 Å². The summed E-state index contributed by atoms with van der Waals surface area (Å²) in [6.07, 6.45) is 8.02. The smallest absolute Gasteiger partial charge is 0.233 e. The summed E-state index contributed by atoms with van der Waals surface area (Å²) >= 11 is 1.52. The van der Waals surface area contributed by atoms with E-state index in [1.54, 1.807) is 6.33 Å². The summed E-state index contributed by atoms with van der Waals surface area (Å²) in [6.45, 7) is 6.41. The number of carbonyl (C=O) groups excluding carboxylic acids is 1. The number of rotatable bonds is 4. The van der Waals surface area contributed by atoms with E-state index in [-0.39, 0.29) is 5.91 Å². The van der Waals surface area contributed by atoms with Gasteiger partial charge in [0.05, 0.1) is 5.75 Å². The summed E-state index contributed by atoms with van der Waals surface area (Å²) in [4.78, 5) is 14.9. The Balaban J connectivity index is 1.63. The highest BCUT2D eigenvalue weighted by molar-refractivity contribution is 7.99. The zero-order valence-electron chi connectivity index (χ0n) is 13.7. The Kier molecular flexibility index (Phi) is 4.76. The van der Waals surface area contributed by atoms with E-state index in [2.05, 4.69) is 35.9 Å². The number of hydrogen-bond donors (Lipinski definition) is 0. The fraction of sp³-hybridized carbons (Fsp3) is 0.812. The molecule has 1 aromatic rings. The van der Waals surface area contributed by atoms with Crippen LogP contribution in [0.25, 0.3) is 0 Å². The van der Waals surface area contributed by atoms with Crippen LogP contribution < -0.4 is 0 Å². The number of likely N-dealkylation sites (tertiary alicyclic amines) is 1. The molecule has 2 aliphatic rings. The van der Waals surface area contributed by atoms with Gasteiger partial charge in [0, 0.05) is 18.1 Å². The molecule has 22 heavy (non-hydrogen) atoms. The fourth-order valence-electron chi connectivity index (χ4n) is 4.03. The van der Waals surface area contributed by atoms with Gasteiger partial charge in [0.1, 0.15) is 6.33 Å². The third-order valence-corrected chi connectivity index (χ3v) is 6.00. The highest BCUT2D eigenvalue weighted by atomic mass is 32.2. The van der Waals surface area contributed by atoms with Gasteiger partial charge in [-0.2, -0.15) is 0 Å². The number of aromatic nitrogens is 3. The third-order valence-electron chi connectivity index (χ3n) is 5.05. The molecule has 2 heterocycles. The van der Waals surface area contributed by atoms with Gasteiger partial charge in [-0.25, -0.2) is 0 Å². The Morgan fingerprint density at radius 1 is 1.41 bits per heavy atom. The Morgan fingerprint density at radius 3 is 2.95 bits per heavy atom. The molecule has 1 aromatic heterocycles. The van der Waals surface area contributed by atoms with Crippen LogP contribution in [0.1, 0.15) is 58.9 Å². The topological polar surface area (TPSA) is 51.0 Å². The van der Waals surface area contributed by atoms with Gasteiger partial charge in [0.2, 0.25) is 5.91 Å². The zero-order valence-corrected chi connectivity index (χ0v) is 14.6. The van der Waals surface area contributed by atoms with Crippen molar-refractivity contribution in [2.24, 2.45) is 5.92 Å². The van der Waals surface area contributed by atoms with Crippen LogP contribution in [0.5, 0.6) is 0 Å². The Morgan fingerprint density at radius 2 is 2.18 bits per heavy atom. The van der Waals surface area contributed by atoms with Gasteiger partial charge in [-0.05, 0) is 46.0 Å². The van der Waals surface area contributed by atoms with E-state index in [0.717, 1.165) is 11.1 Å². The van der Waals surface area contributed by atoms with Crippen molar-refractivity contribution >= 4 is 17.7 Å². The quantitative estimate of drug-likeness (QED) is 0.799. The van der Waals surface area contributed by atoms with Crippen molar-refractivity contribution in [3.8, 4) is 0 Å². The molecule has 6 heteroatoms. The second-order valence-electron chi connectivity index (χ2n) is 6.90. The van der Waals surface area contributed by atoms with Gasteiger partial charge in [0.15, 0.2) is 5.16 Å². The fourth-order valence-corrected chi connectivity index (χ4v) is 4.94. The largest absolute Gasteiger partial charge is 0.336 e. The minimum absolute atomic E-state index is 0.269. The van der Waals surface area contributed by atoms with Crippen LogP contribution in [0.3, 0.4) is 0 Å². The second kappa shape index (κ2) is 6.60. The molecule has 122 valence electrons. The lowest BCUT2D eigenvalue weighted by Gasteiger charge is -2.33. The van der Waals surface area contributed by atoms with Gasteiger partial charge in [-0.1, -0.05) is 24.6 Å².